The molecule has 9 heteroatoms. The molecule has 150 valence electrons. The predicted molar refractivity (Wildman–Crippen MR) is 109 cm³/mol. The number of aryl methyl sites for hydroxylation is 1. The molecule has 0 aliphatic carbocycles. The van der Waals surface area contributed by atoms with Crippen molar-refractivity contribution in [3.05, 3.63) is 52.5 Å². The van der Waals surface area contributed by atoms with Gasteiger partial charge in [0.1, 0.15) is 5.75 Å². The maximum Gasteiger partial charge on any atom is 0.262 e. The van der Waals surface area contributed by atoms with Crippen LogP contribution in [0, 0.1) is 6.92 Å². The first-order valence-electron chi connectivity index (χ1n) is 8.73. The fourth-order valence-electron chi connectivity index (χ4n) is 2.76. The SMILES string of the molecule is Cc1ccc(NC(=O)COc2ccc(Br)cc2)cc1S(=O)(=O)N1CCOCC1. The van der Waals surface area contributed by atoms with Gasteiger partial charge < -0.3 is 14.8 Å². The van der Waals surface area contributed by atoms with E-state index < -0.39 is 10.0 Å². The number of sulfonamides is 1. The Labute approximate surface area is 172 Å². The fourth-order valence-corrected chi connectivity index (χ4v) is 4.68. The summed E-state index contributed by atoms with van der Waals surface area (Å²) in [6.45, 7) is 2.94. The van der Waals surface area contributed by atoms with Crippen LogP contribution in [0.2, 0.25) is 0 Å². The summed E-state index contributed by atoms with van der Waals surface area (Å²) in [5.41, 5.74) is 1.03. The van der Waals surface area contributed by atoms with Crippen LogP contribution in [0.15, 0.2) is 51.8 Å². The summed E-state index contributed by atoms with van der Waals surface area (Å²) < 4.78 is 38.8. The van der Waals surface area contributed by atoms with Crippen LogP contribution < -0.4 is 10.1 Å². The van der Waals surface area contributed by atoms with Crippen LogP contribution in [0.5, 0.6) is 5.75 Å². The second kappa shape index (κ2) is 9.04. The number of benzene rings is 2. The minimum absolute atomic E-state index is 0.180. The zero-order chi connectivity index (χ0) is 20.1. The van der Waals surface area contributed by atoms with Gasteiger partial charge in [0, 0.05) is 23.2 Å². The second-order valence-corrected chi connectivity index (χ2v) is 9.11. The summed E-state index contributed by atoms with van der Waals surface area (Å²) in [7, 11) is -3.64. The molecule has 0 aromatic heterocycles. The van der Waals surface area contributed by atoms with E-state index in [0.29, 0.717) is 43.3 Å². The highest BCUT2D eigenvalue weighted by molar-refractivity contribution is 9.10. The third-order valence-electron chi connectivity index (χ3n) is 4.24. The van der Waals surface area contributed by atoms with E-state index in [-0.39, 0.29) is 17.4 Å². The Morgan fingerprint density at radius 1 is 1.18 bits per heavy atom. The Morgan fingerprint density at radius 3 is 2.54 bits per heavy atom. The van der Waals surface area contributed by atoms with E-state index in [4.69, 9.17) is 9.47 Å². The van der Waals surface area contributed by atoms with Crippen molar-refractivity contribution in [1.82, 2.24) is 4.31 Å². The lowest BCUT2D eigenvalue weighted by Gasteiger charge is -2.26. The highest BCUT2D eigenvalue weighted by atomic mass is 79.9. The summed E-state index contributed by atoms with van der Waals surface area (Å²) in [5.74, 6) is 0.194. The van der Waals surface area contributed by atoms with Gasteiger partial charge in [0.25, 0.3) is 5.91 Å². The molecule has 1 N–H and O–H groups in total. The zero-order valence-electron chi connectivity index (χ0n) is 15.4. The molecule has 0 unspecified atom stereocenters. The number of ether oxygens (including phenoxy) is 2. The average molecular weight is 469 g/mol. The summed E-state index contributed by atoms with van der Waals surface area (Å²) in [6.07, 6.45) is 0. The van der Waals surface area contributed by atoms with Crippen LogP contribution in [0.4, 0.5) is 5.69 Å². The molecule has 0 atom stereocenters. The van der Waals surface area contributed by atoms with Gasteiger partial charge in [-0.25, -0.2) is 8.42 Å². The third-order valence-corrected chi connectivity index (χ3v) is 6.81. The molecule has 0 radical (unpaired) electrons. The quantitative estimate of drug-likeness (QED) is 0.704. The van der Waals surface area contributed by atoms with Gasteiger partial charge in [-0.15, -0.1) is 0 Å². The molecule has 1 amide bonds. The van der Waals surface area contributed by atoms with Gasteiger partial charge >= 0.3 is 0 Å². The van der Waals surface area contributed by atoms with Crippen molar-refractivity contribution in [3.8, 4) is 5.75 Å². The Bertz CT molecular complexity index is 941. The molecule has 1 saturated heterocycles. The molecule has 3 rings (SSSR count). The Morgan fingerprint density at radius 2 is 1.86 bits per heavy atom. The van der Waals surface area contributed by atoms with Gasteiger partial charge in [0.2, 0.25) is 10.0 Å². The van der Waals surface area contributed by atoms with Gasteiger partial charge in [-0.1, -0.05) is 22.0 Å². The largest absolute Gasteiger partial charge is 0.484 e. The molecule has 28 heavy (non-hydrogen) atoms. The monoisotopic (exact) mass is 468 g/mol. The maximum atomic E-state index is 12.9. The van der Waals surface area contributed by atoms with Gasteiger partial charge in [0.15, 0.2) is 6.61 Å². The fraction of sp³-hybridized carbons (Fsp3) is 0.316. The molecule has 7 nitrogen and oxygen atoms in total. The first-order valence-corrected chi connectivity index (χ1v) is 11.0. The van der Waals surface area contributed by atoms with Crippen LogP contribution in [-0.2, 0) is 19.6 Å². The molecule has 0 bridgehead atoms. The standard InChI is InChI=1S/C19H21BrN2O5S/c1-14-2-5-16(12-18(14)28(24,25)22-8-10-26-11-9-22)21-19(23)13-27-17-6-3-15(20)4-7-17/h2-7,12H,8-11,13H2,1H3,(H,21,23). The lowest BCUT2D eigenvalue weighted by molar-refractivity contribution is -0.118. The number of hydrogen-bond acceptors (Lipinski definition) is 5. The zero-order valence-corrected chi connectivity index (χ0v) is 17.8. The predicted octanol–water partition coefficient (Wildman–Crippen LogP) is 2.80. The van der Waals surface area contributed by atoms with Gasteiger partial charge in [-0.3, -0.25) is 4.79 Å². The Kier molecular flexibility index (Phi) is 6.71. The van der Waals surface area contributed by atoms with Crippen molar-refractivity contribution < 1.29 is 22.7 Å². The van der Waals surface area contributed by atoms with E-state index in [1.165, 1.54) is 10.4 Å². The summed E-state index contributed by atoms with van der Waals surface area (Å²) in [5, 5.41) is 2.69. The first kappa shape index (κ1) is 20.8. The highest BCUT2D eigenvalue weighted by Crippen LogP contribution is 2.24. The number of nitrogens with one attached hydrogen (secondary N) is 1. The number of morpholine rings is 1. The lowest BCUT2D eigenvalue weighted by Crippen LogP contribution is -2.40. The van der Waals surface area contributed by atoms with Crippen molar-refractivity contribution >= 4 is 37.5 Å². The summed E-state index contributed by atoms with van der Waals surface area (Å²) in [4.78, 5) is 12.4. The molecule has 1 fully saturated rings. The number of rotatable bonds is 6. The van der Waals surface area contributed by atoms with Crippen LogP contribution in [0.25, 0.3) is 0 Å². The second-order valence-electron chi connectivity index (χ2n) is 6.29. The number of amides is 1. The summed E-state index contributed by atoms with van der Waals surface area (Å²) in [6, 6.07) is 12.0. The minimum atomic E-state index is -3.64. The normalized spacial score (nSPS) is 15.2. The van der Waals surface area contributed by atoms with Crippen LogP contribution in [-0.4, -0.2) is 51.5 Å². The Hall–Kier alpha value is -1.94. The van der Waals surface area contributed by atoms with Crippen molar-refractivity contribution in [3.63, 3.8) is 0 Å². The van der Waals surface area contributed by atoms with Crippen LogP contribution in [0.3, 0.4) is 0 Å². The number of halogens is 1. The summed E-state index contributed by atoms with van der Waals surface area (Å²) >= 11 is 3.33. The van der Waals surface area contributed by atoms with Crippen LogP contribution >= 0.6 is 15.9 Å². The highest BCUT2D eigenvalue weighted by Gasteiger charge is 2.28. The molecule has 2 aromatic carbocycles. The van der Waals surface area contributed by atoms with Crippen molar-refractivity contribution in [2.24, 2.45) is 0 Å². The number of hydrogen-bond donors (Lipinski definition) is 1. The molecule has 1 heterocycles. The van der Waals surface area contributed by atoms with Crippen molar-refractivity contribution in [1.29, 1.82) is 0 Å². The van der Waals surface area contributed by atoms with E-state index in [9.17, 15) is 13.2 Å². The minimum Gasteiger partial charge on any atom is -0.484 e. The smallest absolute Gasteiger partial charge is 0.262 e. The first-order chi connectivity index (χ1) is 13.4. The van der Waals surface area contributed by atoms with Crippen molar-refractivity contribution in [2.45, 2.75) is 11.8 Å². The maximum absolute atomic E-state index is 12.9. The number of carbonyl (C=O) groups is 1. The van der Waals surface area contributed by atoms with E-state index >= 15 is 0 Å². The topological polar surface area (TPSA) is 84.9 Å². The van der Waals surface area contributed by atoms with Crippen molar-refractivity contribution in [2.75, 3.05) is 38.2 Å². The lowest BCUT2D eigenvalue weighted by atomic mass is 10.2. The van der Waals surface area contributed by atoms with Gasteiger partial charge in [-0.2, -0.15) is 4.31 Å². The Balaban J connectivity index is 1.68. The van der Waals surface area contributed by atoms with E-state index in [1.807, 2.05) is 12.1 Å². The number of carbonyl (C=O) groups excluding carboxylic acids is 1. The molecule has 1 aliphatic rings. The number of nitrogens with zero attached hydrogens (tertiary/aromatic N) is 1. The van der Waals surface area contributed by atoms with Gasteiger partial charge in [-0.05, 0) is 48.9 Å². The molecule has 1 aliphatic heterocycles. The molecule has 2 aromatic rings. The van der Waals surface area contributed by atoms with E-state index in [2.05, 4.69) is 21.2 Å². The molecule has 0 saturated carbocycles. The van der Waals surface area contributed by atoms with E-state index in [1.54, 1.807) is 31.2 Å². The molecular formula is C19H21BrN2O5S. The average Bonchev–Trinajstić information content (AvgIpc) is 2.69. The third kappa shape index (κ3) is 5.11. The number of anilines is 1. The van der Waals surface area contributed by atoms with E-state index in [0.717, 1.165) is 4.47 Å². The van der Waals surface area contributed by atoms with Gasteiger partial charge in [0.05, 0.1) is 18.1 Å². The van der Waals surface area contributed by atoms with Crippen LogP contribution in [0.1, 0.15) is 5.56 Å². The molecular weight excluding hydrogens is 448 g/mol. The molecule has 0 spiro atoms.